The van der Waals surface area contributed by atoms with Gasteiger partial charge in [-0.2, -0.15) is 0 Å². The first-order valence-corrected chi connectivity index (χ1v) is 7.33. The number of rotatable bonds is 6. The number of amides is 1. The maximum atomic E-state index is 11.8. The van der Waals surface area contributed by atoms with E-state index in [1.807, 2.05) is 61.5 Å². The smallest absolute Gasteiger partial charge is 0.244 e. The number of ether oxygens (including phenoxy) is 1. The van der Waals surface area contributed by atoms with E-state index >= 15 is 0 Å². The number of carbonyl (C=O) groups is 1. The highest BCUT2D eigenvalue weighted by molar-refractivity contribution is 5.91. The van der Waals surface area contributed by atoms with Gasteiger partial charge in [-0.3, -0.25) is 4.79 Å². The first-order valence-electron chi connectivity index (χ1n) is 7.33. The Morgan fingerprint density at radius 3 is 2.41 bits per heavy atom. The Bertz CT molecular complexity index is 627. The molecule has 0 aliphatic rings. The van der Waals surface area contributed by atoms with Crippen LogP contribution < -0.4 is 10.1 Å². The first-order chi connectivity index (χ1) is 10.7. The molecule has 0 aliphatic heterocycles. The average Bonchev–Trinajstić information content (AvgIpc) is 2.55. The molecular weight excluding hydrogens is 274 g/mol. The second-order valence-electron chi connectivity index (χ2n) is 5.13. The topological polar surface area (TPSA) is 38.3 Å². The summed E-state index contributed by atoms with van der Waals surface area (Å²) in [6, 6.07) is 15.9. The third kappa shape index (κ3) is 5.09. The van der Waals surface area contributed by atoms with Crippen LogP contribution in [0, 0.1) is 6.92 Å². The molecule has 114 valence electrons. The second kappa shape index (κ2) is 8.03. The number of benzene rings is 2. The van der Waals surface area contributed by atoms with E-state index in [4.69, 9.17) is 4.74 Å². The van der Waals surface area contributed by atoms with Crippen molar-refractivity contribution >= 4 is 12.0 Å². The summed E-state index contributed by atoms with van der Waals surface area (Å²) in [6.07, 6.45) is 4.19. The van der Waals surface area contributed by atoms with Crippen LogP contribution in [-0.2, 0) is 11.2 Å². The van der Waals surface area contributed by atoms with Crippen molar-refractivity contribution < 1.29 is 9.53 Å². The van der Waals surface area contributed by atoms with Crippen LogP contribution in [0.25, 0.3) is 6.08 Å². The van der Waals surface area contributed by atoms with Gasteiger partial charge in [0.15, 0.2) is 0 Å². The first kappa shape index (κ1) is 15.8. The lowest BCUT2D eigenvalue weighted by atomic mass is 10.1. The Balaban J connectivity index is 1.76. The maximum Gasteiger partial charge on any atom is 0.244 e. The molecule has 2 aromatic rings. The molecule has 0 atom stereocenters. The summed E-state index contributed by atoms with van der Waals surface area (Å²) in [7, 11) is 1.65. The minimum absolute atomic E-state index is 0.0749. The fourth-order valence-corrected chi connectivity index (χ4v) is 2.03. The molecule has 0 spiro atoms. The summed E-state index contributed by atoms with van der Waals surface area (Å²) in [4.78, 5) is 11.8. The molecule has 2 rings (SSSR count). The van der Waals surface area contributed by atoms with Crippen LogP contribution in [0.5, 0.6) is 5.75 Å². The van der Waals surface area contributed by atoms with Crippen molar-refractivity contribution in [3.8, 4) is 5.75 Å². The van der Waals surface area contributed by atoms with E-state index in [2.05, 4.69) is 5.32 Å². The summed E-state index contributed by atoms with van der Waals surface area (Å²) < 4.78 is 5.11. The Morgan fingerprint density at radius 1 is 1.09 bits per heavy atom. The molecule has 0 bridgehead atoms. The lowest BCUT2D eigenvalue weighted by molar-refractivity contribution is -0.116. The molecule has 0 radical (unpaired) electrons. The van der Waals surface area contributed by atoms with Gasteiger partial charge in [0, 0.05) is 12.6 Å². The average molecular weight is 295 g/mol. The Hall–Kier alpha value is -2.55. The zero-order valence-electron chi connectivity index (χ0n) is 13.0. The van der Waals surface area contributed by atoms with E-state index in [-0.39, 0.29) is 5.91 Å². The van der Waals surface area contributed by atoms with Crippen LogP contribution in [0.3, 0.4) is 0 Å². The fourth-order valence-electron chi connectivity index (χ4n) is 2.03. The summed E-state index contributed by atoms with van der Waals surface area (Å²) in [5.74, 6) is 0.767. The van der Waals surface area contributed by atoms with Gasteiger partial charge in [-0.1, -0.05) is 42.0 Å². The normalized spacial score (nSPS) is 10.6. The van der Waals surface area contributed by atoms with Crippen LogP contribution >= 0.6 is 0 Å². The van der Waals surface area contributed by atoms with E-state index < -0.39 is 0 Å². The molecule has 0 heterocycles. The van der Waals surface area contributed by atoms with Crippen molar-refractivity contribution in [1.82, 2.24) is 5.32 Å². The van der Waals surface area contributed by atoms with Gasteiger partial charge in [-0.25, -0.2) is 0 Å². The third-order valence-corrected chi connectivity index (χ3v) is 3.38. The molecule has 3 heteroatoms. The molecule has 0 saturated carbocycles. The van der Waals surface area contributed by atoms with Gasteiger partial charge in [0.05, 0.1) is 7.11 Å². The van der Waals surface area contributed by atoms with E-state index in [1.165, 1.54) is 11.1 Å². The molecular formula is C19H21NO2. The number of methoxy groups -OCH3 is 1. The Kier molecular flexibility index (Phi) is 5.78. The number of carbonyl (C=O) groups excluding carboxylic acids is 1. The summed E-state index contributed by atoms with van der Waals surface area (Å²) in [6.45, 7) is 2.66. The van der Waals surface area contributed by atoms with Crippen molar-refractivity contribution in [1.29, 1.82) is 0 Å². The largest absolute Gasteiger partial charge is 0.497 e. The summed E-state index contributed by atoms with van der Waals surface area (Å²) >= 11 is 0. The van der Waals surface area contributed by atoms with Gasteiger partial charge in [0.25, 0.3) is 0 Å². The van der Waals surface area contributed by atoms with Crippen LogP contribution in [0.2, 0.25) is 0 Å². The van der Waals surface area contributed by atoms with Crippen molar-refractivity contribution in [2.75, 3.05) is 13.7 Å². The lowest BCUT2D eigenvalue weighted by Crippen LogP contribution is -2.23. The molecule has 0 saturated heterocycles. The second-order valence-corrected chi connectivity index (χ2v) is 5.13. The monoisotopic (exact) mass is 295 g/mol. The van der Waals surface area contributed by atoms with E-state index in [0.29, 0.717) is 6.54 Å². The summed E-state index contributed by atoms with van der Waals surface area (Å²) in [5.41, 5.74) is 3.40. The molecule has 0 aliphatic carbocycles. The van der Waals surface area contributed by atoms with Crippen molar-refractivity contribution in [2.45, 2.75) is 13.3 Å². The molecule has 0 unspecified atom stereocenters. The van der Waals surface area contributed by atoms with Gasteiger partial charge in [0.2, 0.25) is 5.91 Å². The van der Waals surface area contributed by atoms with Gasteiger partial charge in [-0.15, -0.1) is 0 Å². The van der Waals surface area contributed by atoms with Crippen molar-refractivity contribution in [2.24, 2.45) is 0 Å². The number of hydrogen-bond donors (Lipinski definition) is 1. The molecule has 0 fully saturated rings. The third-order valence-electron chi connectivity index (χ3n) is 3.38. The van der Waals surface area contributed by atoms with Crippen molar-refractivity contribution in [3.63, 3.8) is 0 Å². The van der Waals surface area contributed by atoms with Crippen LogP contribution in [0.1, 0.15) is 16.7 Å². The minimum atomic E-state index is -0.0749. The van der Waals surface area contributed by atoms with Crippen LogP contribution in [-0.4, -0.2) is 19.6 Å². The minimum Gasteiger partial charge on any atom is -0.497 e. The molecule has 1 amide bonds. The molecule has 3 nitrogen and oxygen atoms in total. The standard InChI is InChI=1S/C19H21NO2/c1-15-3-5-16(6-4-15)9-12-19(21)20-14-13-17-7-10-18(22-2)11-8-17/h3-12H,13-14H2,1-2H3,(H,20,21)/b12-9+. The number of nitrogens with one attached hydrogen (secondary N) is 1. The zero-order valence-corrected chi connectivity index (χ0v) is 13.0. The number of hydrogen-bond acceptors (Lipinski definition) is 2. The highest BCUT2D eigenvalue weighted by Gasteiger charge is 1.97. The van der Waals surface area contributed by atoms with E-state index in [0.717, 1.165) is 17.7 Å². The van der Waals surface area contributed by atoms with Crippen LogP contribution in [0.15, 0.2) is 54.6 Å². The van der Waals surface area contributed by atoms with Gasteiger partial charge in [0.1, 0.15) is 5.75 Å². The highest BCUT2D eigenvalue weighted by atomic mass is 16.5. The van der Waals surface area contributed by atoms with E-state index in [1.54, 1.807) is 13.2 Å². The van der Waals surface area contributed by atoms with Gasteiger partial charge >= 0.3 is 0 Å². The summed E-state index contributed by atoms with van der Waals surface area (Å²) in [5, 5.41) is 2.88. The van der Waals surface area contributed by atoms with Crippen molar-refractivity contribution in [3.05, 3.63) is 71.3 Å². The molecule has 1 N–H and O–H groups in total. The Morgan fingerprint density at radius 2 is 1.77 bits per heavy atom. The van der Waals surface area contributed by atoms with Gasteiger partial charge in [-0.05, 0) is 42.7 Å². The molecule has 22 heavy (non-hydrogen) atoms. The van der Waals surface area contributed by atoms with Gasteiger partial charge < -0.3 is 10.1 Å². The SMILES string of the molecule is COc1ccc(CCNC(=O)/C=C/c2ccc(C)cc2)cc1. The maximum absolute atomic E-state index is 11.8. The van der Waals surface area contributed by atoms with Crippen LogP contribution in [0.4, 0.5) is 0 Å². The zero-order chi connectivity index (χ0) is 15.8. The van der Waals surface area contributed by atoms with E-state index in [9.17, 15) is 4.79 Å². The lowest BCUT2D eigenvalue weighted by Gasteiger charge is -2.04. The quantitative estimate of drug-likeness (QED) is 0.830. The Labute approximate surface area is 131 Å². The number of aryl methyl sites for hydroxylation is 1. The highest BCUT2D eigenvalue weighted by Crippen LogP contribution is 2.11. The molecule has 0 aromatic heterocycles. The fraction of sp³-hybridized carbons (Fsp3) is 0.211. The predicted octanol–water partition coefficient (Wildman–Crippen LogP) is 3.38. The predicted molar refractivity (Wildman–Crippen MR) is 89.9 cm³/mol. The molecule has 2 aromatic carbocycles.